The largest absolute Gasteiger partial charge is 0.314 e. The molecule has 2 heterocycles. The van der Waals surface area contributed by atoms with Crippen LogP contribution in [0.3, 0.4) is 0 Å². The van der Waals surface area contributed by atoms with Gasteiger partial charge in [-0.25, -0.2) is 0 Å². The summed E-state index contributed by atoms with van der Waals surface area (Å²) in [7, 11) is 2.23. The molecule has 21 heavy (non-hydrogen) atoms. The fourth-order valence-electron chi connectivity index (χ4n) is 3.52. The van der Waals surface area contributed by atoms with Crippen molar-refractivity contribution in [2.24, 2.45) is 0 Å². The van der Waals surface area contributed by atoms with E-state index in [1.165, 1.54) is 78.0 Å². The number of hydrogen-bond acceptors (Lipinski definition) is 4. The lowest BCUT2D eigenvalue weighted by Gasteiger charge is -2.32. The summed E-state index contributed by atoms with van der Waals surface area (Å²) >= 11 is 0. The molecule has 0 amide bonds. The summed E-state index contributed by atoms with van der Waals surface area (Å²) in [6, 6.07) is 1.46. The van der Waals surface area contributed by atoms with Crippen LogP contribution in [0, 0.1) is 0 Å². The molecule has 4 heteroatoms. The van der Waals surface area contributed by atoms with Crippen molar-refractivity contribution in [2.75, 3.05) is 59.4 Å². The van der Waals surface area contributed by atoms with Crippen molar-refractivity contribution in [1.82, 2.24) is 20.0 Å². The molecule has 4 nitrogen and oxygen atoms in total. The SMILES string of the molecule is CC(C)N1CCCC(NCCCN2CCN(C)CC2)CC1. The van der Waals surface area contributed by atoms with Crippen LogP contribution in [0.5, 0.6) is 0 Å². The van der Waals surface area contributed by atoms with Crippen molar-refractivity contribution in [1.29, 1.82) is 0 Å². The number of nitrogens with zero attached hydrogens (tertiary/aromatic N) is 3. The van der Waals surface area contributed by atoms with Crippen LogP contribution >= 0.6 is 0 Å². The van der Waals surface area contributed by atoms with E-state index in [0.717, 1.165) is 6.04 Å². The first-order valence-electron chi connectivity index (χ1n) is 9.03. The number of likely N-dealkylation sites (tertiary alicyclic amines) is 1. The zero-order valence-corrected chi connectivity index (χ0v) is 14.5. The Hall–Kier alpha value is -0.160. The van der Waals surface area contributed by atoms with E-state index in [1.807, 2.05) is 0 Å². The average molecular weight is 297 g/mol. The molecule has 0 aliphatic carbocycles. The zero-order chi connectivity index (χ0) is 15.1. The first kappa shape index (κ1) is 17.2. The minimum Gasteiger partial charge on any atom is -0.314 e. The van der Waals surface area contributed by atoms with Crippen molar-refractivity contribution in [3.05, 3.63) is 0 Å². The van der Waals surface area contributed by atoms with Crippen molar-refractivity contribution < 1.29 is 0 Å². The maximum Gasteiger partial charge on any atom is 0.0110 e. The summed E-state index contributed by atoms with van der Waals surface area (Å²) in [6.07, 6.45) is 5.34. The Bertz CT molecular complexity index is 274. The quantitative estimate of drug-likeness (QED) is 0.749. The molecule has 1 atom stereocenters. The molecule has 1 N–H and O–H groups in total. The Morgan fingerprint density at radius 1 is 1.00 bits per heavy atom. The molecule has 2 rings (SSSR count). The third-order valence-electron chi connectivity index (χ3n) is 5.17. The molecule has 0 spiro atoms. The molecule has 124 valence electrons. The van der Waals surface area contributed by atoms with E-state index in [1.54, 1.807) is 0 Å². The van der Waals surface area contributed by atoms with Crippen LogP contribution in [0.25, 0.3) is 0 Å². The fraction of sp³-hybridized carbons (Fsp3) is 1.00. The zero-order valence-electron chi connectivity index (χ0n) is 14.5. The number of rotatable bonds is 6. The minimum atomic E-state index is 0.709. The van der Waals surface area contributed by atoms with Gasteiger partial charge in [-0.2, -0.15) is 0 Å². The monoisotopic (exact) mass is 296 g/mol. The second-order valence-corrected chi connectivity index (χ2v) is 7.21. The van der Waals surface area contributed by atoms with E-state index < -0.39 is 0 Å². The van der Waals surface area contributed by atoms with E-state index in [9.17, 15) is 0 Å². The van der Waals surface area contributed by atoms with Crippen LogP contribution in [-0.2, 0) is 0 Å². The van der Waals surface area contributed by atoms with E-state index in [0.29, 0.717) is 6.04 Å². The van der Waals surface area contributed by atoms with Gasteiger partial charge in [-0.1, -0.05) is 0 Å². The average Bonchev–Trinajstić information content (AvgIpc) is 2.71. The smallest absolute Gasteiger partial charge is 0.0110 e. The normalized spacial score (nSPS) is 27.1. The molecular weight excluding hydrogens is 260 g/mol. The van der Waals surface area contributed by atoms with Crippen LogP contribution in [0.1, 0.15) is 39.5 Å². The summed E-state index contributed by atoms with van der Waals surface area (Å²) < 4.78 is 0. The van der Waals surface area contributed by atoms with Crippen molar-refractivity contribution in [2.45, 2.75) is 51.6 Å². The van der Waals surface area contributed by atoms with Gasteiger partial charge in [-0.05, 0) is 72.8 Å². The van der Waals surface area contributed by atoms with Gasteiger partial charge in [0, 0.05) is 38.3 Å². The van der Waals surface area contributed by atoms with Gasteiger partial charge in [0.25, 0.3) is 0 Å². The highest BCUT2D eigenvalue weighted by atomic mass is 15.2. The molecule has 0 bridgehead atoms. The molecule has 0 aromatic carbocycles. The topological polar surface area (TPSA) is 21.8 Å². The van der Waals surface area contributed by atoms with Crippen LogP contribution < -0.4 is 5.32 Å². The van der Waals surface area contributed by atoms with Crippen molar-refractivity contribution in [3.8, 4) is 0 Å². The Balaban J connectivity index is 1.54. The molecule has 1 unspecified atom stereocenters. The van der Waals surface area contributed by atoms with Gasteiger partial charge in [0.2, 0.25) is 0 Å². The van der Waals surface area contributed by atoms with Gasteiger partial charge < -0.3 is 20.0 Å². The Labute approximate surface area is 131 Å². The van der Waals surface area contributed by atoms with Crippen LogP contribution in [0.4, 0.5) is 0 Å². The van der Waals surface area contributed by atoms with Crippen LogP contribution in [0.2, 0.25) is 0 Å². The number of nitrogens with one attached hydrogen (secondary N) is 1. The lowest BCUT2D eigenvalue weighted by atomic mass is 10.1. The van der Waals surface area contributed by atoms with Gasteiger partial charge in [0.05, 0.1) is 0 Å². The second-order valence-electron chi connectivity index (χ2n) is 7.21. The highest BCUT2D eigenvalue weighted by molar-refractivity contribution is 4.77. The first-order valence-corrected chi connectivity index (χ1v) is 9.03. The Morgan fingerprint density at radius 2 is 1.76 bits per heavy atom. The fourth-order valence-corrected chi connectivity index (χ4v) is 3.52. The highest BCUT2D eigenvalue weighted by Crippen LogP contribution is 2.13. The Kier molecular flexibility index (Phi) is 7.44. The molecule has 2 saturated heterocycles. The molecule has 0 saturated carbocycles. The molecular formula is C17H36N4. The van der Waals surface area contributed by atoms with E-state index >= 15 is 0 Å². The van der Waals surface area contributed by atoms with Crippen molar-refractivity contribution in [3.63, 3.8) is 0 Å². The number of piperazine rings is 1. The van der Waals surface area contributed by atoms with E-state index in [-0.39, 0.29) is 0 Å². The van der Waals surface area contributed by atoms with Crippen molar-refractivity contribution >= 4 is 0 Å². The minimum absolute atomic E-state index is 0.709. The molecule has 2 aliphatic heterocycles. The molecule has 0 aromatic rings. The Morgan fingerprint density at radius 3 is 2.48 bits per heavy atom. The second kappa shape index (κ2) is 9.09. The maximum absolute atomic E-state index is 3.81. The third kappa shape index (κ3) is 6.23. The maximum atomic E-state index is 3.81. The van der Waals surface area contributed by atoms with Gasteiger partial charge >= 0.3 is 0 Å². The third-order valence-corrected chi connectivity index (χ3v) is 5.17. The van der Waals surface area contributed by atoms with Crippen LogP contribution in [0.15, 0.2) is 0 Å². The predicted octanol–water partition coefficient (Wildman–Crippen LogP) is 1.48. The summed E-state index contributed by atoms with van der Waals surface area (Å²) in [5.41, 5.74) is 0. The van der Waals surface area contributed by atoms with E-state index in [4.69, 9.17) is 0 Å². The highest BCUT2D eigenvalue weighted by Gasteiger charge is 2.18. The molecule has 0 radical (unpaired) electrons. The van der Waals surface area contributed by atoms with Gasteiger partial charge in [-0.15, -0.1) is 0 Å². The lowest BCUT2D eigenvalue weighted by Crippen LogP contribution is -2.45. The summed E-state index contributed by atoms with van der Waals surface area (Å²) in [4.78, 5) is 7.68. The summed E-state index contributed by atoms with van der Waals surface area (Å²) in [5, 5.41) is 3.81. The van der Waals surface area contributed by atoms with Gasteiger partial charge in [0.15, 0.2) is 0 Å². The van der Waals surface area contributed by atoms with E-state index in [2.05, 4.69) is 40.9 Å². The predicted molar refractivity (Wildman–Crippen MR) is 90.9 cm³/mol. The van der Waals surface area contributed by atoms with Crippen LogP contribution in [-0.4, -0.2) is 86.2 Å². The number of hydrogen-bond donors (Lipinski definition) is 1. The van der Waals surface area contributed by atoms with Gasteiger partial charge in [0.1, 0.15) is 0 Å². The molecule has 2 fully saturated rings. The molecule has 2 aliphatic rings. The standard InChI is InChI=1S/C17H36N4/c1-16(2)21-10-4-6-17(7-11-21)18-8-5-9-20-14-12-19(3)13-15-20/h16-18H,4-15H2,1-3H3. The first-order chi connectivity index (χ1) is 10.1. The van der Waals surface area contributed by atoms with Gasteiger partial charge in [-0.3, -0.25) is 0 Å². The lowest BCUT2D eigenvalue weighted by molar-refractivity contribution is 0.152. The molecule has 0 aromatic heterocycles. The summed E-state index contributed by atoms with van der Waals surface area (Å²) in [6.45, 7) is 14.7. The summed E-state index contributed by atoms with van der Waals surface area (Å²) in [5.74, 6) is 0. The number of likely N-dealkylation sites (N-methyl/N-ethyl adjacent to an activating group) is 1.